The van der Waals surface area contributed by atoms with Gasteiger partial charge in [-0.2, -0.15) is 17.9 Å². The number of nitrogens with one attached hydrogen (secondary N) is 1. The van der Waals surface area contributed by atoms with Crippen LogP contribution in [0.3, 0.4) is 0 Å². The number of aliphatic hydroxyl groups is 1. The van der Waals surface area contributed by atoms with Crippen molar-refractivity contribution in [3.63, 3.8) is 0 Å². The number of nitrogens with two attached hydrogens (primary N) is 1. The molecule has 5 aliphatic carbocycles. The minimum absolute atomic E-state index is 0. The first kappa shape index (κ1) is 100. The largest absolute Gasteiger partial charge is 1.00 e. The number of alkyl halides is 2. The molecule has 1 unspecified atom stereocenters. The number of H-pyrrole nitrogens is 1. The van der Waals surface area contributed by atoms with Crippen LogP contribution in [0.15, 0.2) is 78.1 Å². The van der Waals surface area contributed by atoms with Crippen molar-refractivity contribution in [1.29, 1.82) is 5.26 Å². The summed E-state index contributed by atoms with van der Waals surface area (Å²) in [6.45, 7) is 8.51. The molecule has 21 nitrogen and oxygen atoms in total. The molecule has 562 valence electrons. The molecule has 2 saturated heterocycles. The van der Waals surface area contributed by atoms with Crippen LogP contribution in [-0.4, -0.2) is 140 Å². The van der Waals surface area contributed by atoms with Gasteiger partial charge in [-0.3, -0.25) is 28.7 Å². The summed E-state index contributed by atoms with van der Waals surface area (Å²) in [7, 11) is 3.50. The van der Waals surface area contributed by atoms with Crippen LogP contribution in [0.2, 0.25) is 6.82 Å². The van der Waals surface area contributed by atoms with E-state index in [2.05, 4.69) is 61.2 Å². The van der Waals surface area contributed by atoms with E-state index >= 15 is 0 Å². The molecule has 0 aromatic carbocycles. The van der Waals surface area contributed by atoms with Gasteiger partial charge in [-0.05, 0) is 157 Å². The Morgan fingerprint density at radius 2 is 1.06 bits per heavy atom. The molecule has 27 heteroatoms. The van der Waals surface area contributed by atoms with E-state index in [1.165, 1.54) is 211 Å². The number of carbonyl (C=O) groups excluding carboxylic acids is 3. The second-order valence-electron chi connectivity index (χ2n) is 24.8. The number of Topliss-reactive ketones (excluding diaryl/α,β-unsaturated/α-hetero) is 1. The Bertz CT molecular complexity index is 2780. The molecule has 7 fully saturated rings. The monoisotopic (exact) mass is 1750 g/mol. The number of hydrogen-bond acceptors (Lipinski definition) is 20. The molecule has 2 radical (unpaired) electrons. The Balaban J connectivity index is -0.00000117. The summed E-state index contributed by atoms with van der Waals surface area (Å²) >= 11 is 7.04. The summed E-state index contributed by atoms with van der Waals surface area (Å²) in [5.74, 6) is 3.95. The number of halogens is 2. The number of ketones is 1. The first-order valence-electron chi connectivity index (χ1n) is 36.5. The van der Waals surface area contributed by atoms with Crippen LogP contribution in [0.4, 0.5) is 4.39 Å². The number of thiol groups is 1. The van der Waals surface area contributed by atoms with Gasteiger partial charge in [-0.25, -0.2) is 14.6 Å². The minimum Gasteiger partial charge on any atom is -1.00 e. The van der Waals surface area contributed by atoms with E-state index in [0.29, 0.717) is 72.7 Å². The van der Waals surface area contributed by atoms with Crippen LogP contribution in [0, 0.1) is 40.9 Å². The van der Waals surface area contributed by atoms with Crippen molar-refractivity contribution in [2.75, 3.05) is 78.1 Å². The SMILES string of the molecule is BrCC1CCCCC1.C1CCOC1.C1CCOC1.CS.N#CCC(=O)c1cc(OCC2CCCCC2)ccn1.NCCC(O)c1cc(OCC2CCCCC2)ccn1.O=C(O)c1cc(=O)cc[nH]1.O=C(OCC1CCCCC1)c1cc(OCC2CCCCC2)ccn1.O=CO[O-].[2H]CF.[B]C.[Cs+].[Cs+].[H-]. The molecule has 5 saturated carbocycles. The average molecular weight is 1750 g/mol. The maximum absolute atomic E-state index is 12.2. The Morgan fingerprint density at radius 1 is 0.686 bits per heavy atom. The van der Waals surface area contributed by atoms with Crippen molar-refractivity contribution in [3.8, 4) is 23.3 Å². The summed E-state index contributed by atoms with van der Waals surface area (Å²) in [5.41, 5.74) is 6.35. The molecule has 4 aromatic heterocycles. The van der Waals surface area contributed by atoms with Crippen LogP contribution >= 0.6 is 28.6 Å². The number of nitriles is 1. The number of ether oxygens (including phenoxy) is 6. The van der Waals surface area contributed by atoms with Crippen LogP contribution < -0.4 is 168 Å². The van der Waals surface area contributed by atoms with E-state index < -0.39 is 19.2 Å². The number of rotatable bonds is 20. The first-order chi connectivity index (χ1) is 49.4. The second kappa shape index (κ2) is 72.0. The maximum Gasteiger partial charge on any atom is 1.00 e. The zero-order valence-corrected chi connectivity index (χ0v) is 76.6. The second-order valence-corrected chi connectivity index (χ2v) is 25.4. The standard InChI is InChI=1S/C20H29NO3.C15H24N2O2.C15H18N2O2.C7H13Br.C6H5NO3.2C4H8O.CH3B.CH3F.CH2O3.CH4S.2Cs.H/c22-20(24-15-17-9-5-2-6-10-17)19-13-18(11-12-21-19)23-14-16-7-3-1-4-8-16;2*16-8-6-15(18)14-10-13(7-9-17-14)19-11-12-4-2-1-3-5-12;8-6-7-4-2-1-3-5-7;8-4-1-2-7-5(3-4)6(9)10;2*1-2-4-5-3-1;2*1-2;2-1-4-3;1-2;;;/h11-13,16-17H,1-10,14-15H2;7,9-10,12,15,18H,1-6,8,11,16H2;7,9-10,12H,1-6,11H2;7H,1-6H2;1-3H,(H,7,8)(H,9,10);2*1-4H2;2*1H3;1,3H;2H,1H3;;;/q;;;;;;;;;;;2*+1;-1/p-1/i;;;;;;;;1D;;;;;. The molecule has 1 atom stereocenters. The van der Waals surface area contributed by atoms with E-state index in [9.17, 15) is 28.7 Å². The van der Waals surface area contributed by atoms with E-state index in [4.69, 9.17) is 55.9 Å². The van der Waals surface area contributed by atoms with Gasteiger partial charge in [0.15, 0.2) is 16.9 Å². The fraction of sp³-hybridized carbons (Fsp3) is 0.667. The smallest absolute Gasteiger partial charge is 1.00 e. The summed E-state index contributed by atoms with van der Waals surface area (Å²) < 4.78 is 48.3. The number of carbonyl (C=O) groups is 4. The van der Waals surface area contributed by atoms with Gasteiger partial charge >= 0.3 is 150 Å². The fourth-order valence-corrected chi connectivity index (χ4v) is 12.3. The molecule has 6 heterocycles. The molecule has 11 rings (SSSR count). The third-order valence-electron chi connectivity index (χ3n) is 17.2. The van der Waals surface area contributed by atoms with E-state index in [0.717, 1.165) is 63.1 Å². The Hall–Kier alpha value is -1.90. The first-order valence-corrected chi connectivity index (χ1v) is 37.8. The van der Waals surface area contributed by atoms with Crippen molar-refractivity contribution in [1.82, 2.24) is 19.9 Å². The van der Waals surface area contributed by atoms with Crippen LogP contribution in [0.1, 0.15) is 245 Å². The molecule has 7 aliphatic rings. The van der Waals surface area contributed by atoms with Crippen molar-refractivity contribution < 1.29 is 213 Å². The van der Waals surface area contributed by atoms with Crippen molar-refractivity contribution >= 4 is 60.6 Å². The Morgan fingerprint density at radius 3 is 1.39 bits per heavy atom. The normalized spacial score (nSPS) is 16.6. The van der Waals surface area contributed by atoms with Gasteiger partial charge in [0.25, 0.3) is 6.47 Å². The Labute approximate surface area is 743 Å². The number of aromatic carboxylic acids is 1. The number of hydrogen-bond donors (Lipinski definition) is 5. The van der Waals surface area contributed by atoms with Gasteiger partial charge in [0, 0.05) is 86.9 Å². The van der Waals surface area contributed by atoms with E-state index in [1.54, 1.807) is 43.0 Å². The van der Waals surface area contributed by atoms with Crippen LogP contribution in [0.25, 0.3) is 0 Å². The van der Waals surface area contributed by atoms with Gasteiger partial charge in [0.2, 0.25) is 0 Å². The van der Waals surface area contributed by atoms with Crippen molar-refractivity contribution in [2.24, 2.45) is 35.3 Å². The number of carboxylic acid groups (broad SMARTS) is 1. The molecule has 4 aromatic rings. The molecular weight excluding hydrogens is 1630 g/mol. The molecule has 2 aliphatic heterocycles. The minimum atomic E-state index is -1.13. The topological polar surface area (TPSA) is 318 Å². The van der Waals surface area contributed by atoms with Gasteiger partial charge in [0.05, 0.1) is 60.7 Å². The number of aromatic amines is 1. The van der Waals surface area contributed by atoms with Crippen molar-refractivity contribution in [2.45, 2.75) is 212 Å². The number of nitrogens with zero attached hydrogens (tertiary/aromatic N) is 4. The zero-order valence-electron chi connectivity index (χ0n) is 63.5. The van der Waals surface area contributed by atoms with E-state index in [-0.39, 0.29) is 175 Å². The van der Waals surface area contributed by atoms with Gasteiger partial charge < -0.3 is 60.9 Å². The molecule has 0 bridgehead atoms. The zero-order chi connectivity index (χ0) is 74.2. The molecule has 0 spiro atoms. The molecule has 102 heavy (non-hydrogen) atoms. The van der Waals surface area contributed by atoms with E-state index in [1.807, 2.05) is 24.3 Å². The maximum atomic E-state index is 12.2. The number of aliphatic hydroxyl groups excluding tert-OH is 1. The van der Waals surface area contributed by atoms with Gasteiger partial charge in [-0.1, -0.05) is 119 Å². The summed E-state index contributed by atoms with van der Waals surface area (Å²) in [4.78, 5) is 70.4. The third-order valence-corrected chi connectivity index (χ3v) is 18.1. The predicted molar refractivity (Wildman–Crippen MR) is 395 cm³/mol. The van der Waals surface area contributed by atoms with Crippen LogP contribution in [0.5, 0.6) is 17.2 Å². The number of esters is 1. The molecule has 5 N–H and O–H groups in total. The Kier molecular flexibility index (Phi) is 70.6. The average Bonchev–Trinajstić information content (AvgIpc) is 0.940. The summed E-state index contributed by atoms with van der Waals surface area (Å²) in [6.07, 6.45) is 45.7. The number of aromatic nitrogens is 4. The van der Waals surface area contributed by atoms with Crippen molar-refractivity contribution in [3.05, 3.63) is 106 Å². The van der Waals surface area contributed by atoms with Gasteiger partial charge in [0.1, 0.15) is 35.1 Å². The summed E-state index contributed by atoms with van der Waals surface area (Å²) in [5, 5.41) is 36.4. The van der Waals surface area contributed by atoms with Gasteiger partial charge in [-0.15, -0.1) is 0 Å². The van der Waals surface area contributed by atoms with Crippen LogP contribution in [-0.2, 0) is 23.9 Å². The fourth-order valence-electron chi connectivity index (χ4n) is 11.7. The quantitative estimate of drug-likeness (QED) is 0.00806. The number of carboxylic acids is 1. The number of pyridine rings is 4. The molecule has 0 amide bonds. The summed E-state index contributed by atoms with van der Waals surface area (Å²) in [6, 6.07) is 14.7. The third kappa shape index (κ3) is 52.2. The molecular formula is C75H117BBrCs2FN6O15S. The predicted octanol–water partition coefficient (Wildman–Crippen LogP) is 8.86.